The Morgan fingerprint density at radius 2 is 2.04 bits per heavy atom. The molecule has 4 rings (SSSR count). The number of para-hydroxylation sites is 1. The molecule has 1 aromatic heterocycles. The summed E-state index contributed by atoms with van der Waals surface area (Å²) in [4.78, 5) is 2.57. The number of thioether (sulfide) groups is 1. The van der Waals surface area contributed by atoms with E-state index in [4.69, 9.17) is 13.8 Å². The molecule has 1 saturated carbocycles. The number of ether oxygens (including phenoxy) is 1. The molecular weight excluding hydrogens is 377 g/mol. The van der Waals surface area contributed by atoms with Crippen LogP contribution in [0.1, 0.15) is 24.8 Å². The molecule has 0 bridgehead atoms. The van der Waals surface area contributed by atoms with Crippen molar-refractivity contribution in [2.75, 3.05) is 32.1 Å². The van der Waals surface area contributed by atoms with Crippen LogP contribution in [-0.4, -0.2) is 65.8 Å². The minimum absolute atomic E-state index is 0.327. The smallest absolute Gasteiger partial charge is 0.464 e. The third kappa shape index (κ3) is 4.93. The average molecular weight is 405 g/mol. The van der Waals surface area contributed by atoms with E-state index >= 15 is 0 Å². The minimum Gasteiger partial charge on any atom is -0.464 e. The van der Waals surface area contributed by atoms with E-state index in [2.05, 4.69) is 4.90 Å². The van der Waals surface area contributed by atoms with Crippen molar-refractivity contribution in [2.45, 2.75) is 37.2 Å². The van der Waals surface area contributed by atoms with Gasteiger partial charge in [-0.25, -0.2) is 0 Å². The first-order chi connectivity index (χ1) is 13.7. The van der Waals surface area contributed by atoms with Gasteiger partial charge in [-0.2, -0.15) is 0 Å². The Hall–Kier alpha value is -1.03. The van der Waals surface area contributed by atoms with Crippen molar-refractivity contribution in [3.05, 3.63) is 36.1 Å². The number of nitrogens with zero attached hydrogens (tertiary/aromatic N) is 1. The molecule has 0 amide bonds. The summed E-state index contributed by atoms with van der Waals surface area (Å²) in [5.41, 5.74) is 1.55. The molecule has 1 aliphatic carbocycles. The second-order valence-corrected chi connectivity index (χ2v) is 8.79. The van der Waals surface area contributed by atoms with Gasteiger partial charge in [0.05, 0.1) is 24.9 Å². The summed E-state index contributed by atoms with van der Waals surface area (Å²) < 4.78 is 16.5. The molecule has 1 aliphatic heterocycles. The summed E-state index contributed by atoms with van der Waals surface area (Å²) in [7, 11) is -1.77. The number of rotatable bonds is 8. The molecular formula is C20H28BNO5S. The second kappa shape index (κ2) is 9.65. The van der Waals surface area contributed by atoms with Gasteiger partial charge < -0.3 is 23.9 Å². The van der Waals surface area contributed by atoms with E-state index in [-0.39, 0.29) is 5.44 Å². The molecule has 28 heavy (non-hydrogen) atoms. The van der Waals surface area contributed by atoms with Gasteiger partial charge in [0, 0.05) is 42.3 Å². The van der Waals surface area contributed by atoms with Crippen molar-refractivity contribution in [3.63, 3.8) is 0 Å². The molecule has 2 unspecified atom stereocenters. The average Bonchev–Trinajstić information content (AvgIpc) is 3.34. The molecule has 0 spiro atoms. The molecule has 6 nitrogen and oxygen atoms in total. The number of fused-ring (bicyclic) bond motifs is 1. The van der Waals surface area contributed by atoms with E-state index < -0.39 is 7.32 Å². The maximum absolute atomic E-state index is 9.39. The highest BCUT2D eigenvalue weighted by atomic mass is 32.2. The van der Waals surface area contributed by atoms with Gasteiger partial charge >= 0.3 is 7.32 Å². The fourth-order valence-electron chi connectivity index (χ4n) is 4.48. The molecule has 2 aliphatic rings. The Kier molecular flexibility index (Phi) is 6.98. The number of furan rings is 1. The molecule has 3 atom stereocenters. The predicted molar refractivity (Wildman–Crippen MR) is 111 cm³/mol. The zero-order valence-corrected chi connectivity index (χ0v) is 16.9. The van der Waals surface area contributed by atoms with Gasteiger partial charge in [0.2, 0.25) is 0 Å². The number of hydrogen-bond donors (Lipinski definition) is 2. The van der Waals surface area contributed by atoms with Crippen LogP contribution in [0.3, 0.4) is 0 Å². The first kappa shape index (κ1) is 20.3. The highest BCUT2D eigenvalue weighted by Gasteiger charge is 2.33. The fourth-order valence-corrected chi connectivity index (χ4v) is 5.81. The predicted octanol–water partition coefficient (Wildman–Crippen LogP) is 2.52. The van der Waals surface area contributed by atoms with Crippen molar-refractivity contribution in [2.24, 2.45) is 5.92 Å². The first-order valence-electron chi connectivity index (χ1n) is 10.1. The molecule has 8 heteroatoms. The van der Waals surface area contributed by atoms with Crippen molar-refractivity contribution in [1.82, 2.24) is 4.90 Å². The van der Waals surface area contributed by atoms with Gasteiger partial charge in [-0.3, -0.25) is 4.90 Å². The lowest BCUT2D eigenvalue weighted by Crippen LogP contribution is -2.45. The molecule has 2 heterocycles. The molecule has 2 N–H and O–H groups in total. The maximum atomic E-state index is 9.39. The van der Waals surface area contributed by atoms with Crippen molar-refractivity contribution < 1.29 is 23.9 Å². The van der Waals surface area contributed by atoms with E-state index in [1.165, 1.54) is 19.3 Å². The van der Waals surface area contributed by atoms with Crippen LogP contribution in [0.5, 0.6) is 0 Å². The third-order valence-corrected chi connectivity index (χ3v) is 7.12. The van der Waals surface area contributed by atoms with Crippen molar-refractivity contribution in [3.8, 4) is 0 Å². The lowest BCUT2D eigenvalue weighted by atomic mass is 10.0. The van der Waals surface area contributed by atoms with Crippen LogP contribution in [0, 0.1) is 5.92 Å². The summed E-state index contributed by atoms with van der Waals surface area (Å²) in [6.07, 6.45) is 6.04. The standard InChI is InChI=1S/C20H28BNO5S/c23-21(24)27-20(12-16-13-26-19-7-2-1-5-17(16)19)28-14-15-4-3-6-18(15)22-8-10-25-11-9-22/h1-2,5,7,13,15,18,20,23-24H,3-4,6,8-12,14H2/t15?,18?,20-/m1/s1. The lowest BCUT2D eigenvalue weighted by Gasteiger charge is -2.36. The van der Waals surface area contributed by atoms with Crippen molar-refractivity contribution in [1.29, 1.82) is 0 Å². The third-order valence-electron chi connectivity index (χ3n) is 5.85. The topological polar surface area (TPSA) is 75.3 Å². The molecule has 152 valence electrons. The van der Waals surface area contributed by atoms with E-state index in [1.807, 2.05) is 24.3 Å². The molecule has 0 radical (unpaired) electrons. The Bertz CT molecular complexity index is 751. The first-order valence-corrected chi connectivity index (χ1v) is 11.2. The zero-order valence-electron chi connectivity index (χ0n) is 16.0. The number of morpholine rings is 1. The Balaban J connectivity index is 1.39. The summed E-state index contributed by atoms with van der Waals surface area (Å²) in [6.45, 7) is 3.68. The van der Waals surface area contributed by atoms with Crippen LogP contribution in [0.15, 0.2) is 34.9 Å². The monoisotopic (exact) mass is 405 g/mol. The lowest BCUT2D eigenvalue weighted by molar-refractivity contribution is 0.0102. The van der Waals surface area contributed by atoms with E-state index in [9.17, 15) is 10.0 Å². The summed E-state index contributed by atoms with van der Waals surface area (Å²) in [5, 5.41) is 19.8. The highest BCUT2D eigenvalue weighted by molar-refractivity contribution is 7.99. The Morgan fingerprint density at radius 3 is 2.86 bits per heavy atom. The molecule has 1 aromatic carbocycles. The van der Waals surface area contributed by atoms with Crippen LogP contribution in [-0.2, 0) is 15.8 Å². The van der Waals surface area contributed by atoms with Crippen LogP contribution < -0.4 is 0 Å². The number of benzene rings is 1. The maximum Gasteiger partial charge on any atom is 0.634 e. The molecule has 1 saturated heterocycles. The normalized spacial score (nSPS) is 24.6. The van der Waals surface area contributed by atoms with E-state index in [0.29, 0.717) is 18.4 Å². The van der Waals surface area contributed by atoms with Crippen LogP contribution in [0.25, 0.3) is 11.0 Å². The Labute approximate surface area is 170 Å². The highest BCUT2D eigenvalue weighted by Crippen LogP contribution is 2.35. The quantitative estimate of drug-likeness (QED) is 0.516. The minimum atomic E-state index is -1.77. The van der Waals surface area contributed by atoms with Crippen LogP contribution in [0.2, 0.25) is 0 Å². The van der Waals surface area contributed by atoms with Gasteiger partial charge in [-0.05, 0) is 24.8 Å². The SMILES string of the molecule is OB(O)O[C@@H](Cc1coc2ccccc12)SCC1CCCC1N1CCOCC1. The van der Waals surface area contributed by atoms with Crippen molar-refractivity contribution >= 4 is 30.1 Å². The van der Waals surface area contributed by atoms with Gasteiger partial charge in [0.15, 0.2) is 0 Å². The largest absolute Gasteiger partial charge is 0.634 e. The Morgan fingerprint density at radius 1 is 1.21 bits per heavy atom. The van der Waals surface area contributed by atoms with Gasteiger partial charge in [-0.15, -0.1) is 11.8 Å². The summed E-state index contributed by atoms with van der Waals surface area (Å²) in [5.74, 6) is 1.56. The van der Waals surface area contributed by atoms with E-state index in [0.717, 1.165) is 48.6 Å². The van der Waals surface area contributed by atoms with Gasteiger partial charge in [0.25, 0.3) is 0 Å². The van der Waals surface area contributed by atoms with Crippen LogP contribution in [0.4, 0.5) is 0 Å². The fraction of sp³-hybridized carbons (Fsp3) is 0.600. The van der Waals surface area contributed by atoms with Crippen LogP contribution >= 0.6 is 11.8 Å². The molecule has 2 aromatic rings. The van der Waals surface area contributed by atoms with Gasteiger partial charge in [0.1, 0.15) is 5.58 Å². The van der Waals surface area contributed by atoms with E-state index in [1.54, 1.807) is 18.0 Å². The summed E-state index contributed by atoms with van der Waals surface area (Å²) in [6, 6.07) is 8.49. The number of hydrogen-bond acceptors (Lipinski definition) is 7. The second-order valence-electron chi connectivity index (χ2n) is 7.59. The molecule has 2 fully saturated rings. The zero-order chi connectivity index (χ0) is 19.3. The van der Waals surface area contributed by atoms with Gasteiger partial charge in [-0.1, -0.05) is 24.6 Å². The summed E-state index contributed by atoms with van der Waals surface area (Å²) >= 11 is 1.68.